The van der Waals surface area contributed by atoms with Crippen LogP contribution >= 0.6 is 0 Å². The minimum Gasteiger partial charge on any atom is -0.316 e. The number of benzene rings is 10. The number of hydrogen-bond acceptors (Lipinski definition) is 2. The topological polar surface area (TPSA) is 26.0 Å². The maximum Gasteiger partial charge on any atom is 0.0714 e. The summed E-state index contributed by atoms with van der Waals surface area (Å²) in [5.74, 6) is 0. The van der Waals surface area contributed by atoms with Crippen LogP contribution < -0.4 is 4.90 Å². The average Bonchev–Trinajstić information content (AvgIpc) is 4.12. The van der Waals surface area contributed by atoms with E-state index in [2.05, 4.69) is 280 Å². The zero-order chi connectivity index (χ0) is 47.6. The Bertz CT molecular complexity index is 4070. The van der Waals surface area contributed by atoms with E-state index in [9.17, 15) is 0 Å². The fraction of sp³-hybridized carbons (Fsp3) is 0.0147. The van der Waals surface area contributed by atoms with Gasteiger partial charge in [0.05, 0.1) is 22.0 Å². The van der Waals surface area contributed by atoms with Crippen LogP contribution in [0.1, 0.15) is 22.3 Å². The molecule has 3 aromatic heterocycles. The molecule has 0 radical (unpaired) electrons. The van der Waals surface area contributed by atoms with Gasteiger partial charge in [-0.3, -0.25) is 4.98 Å². The molecular weight excluding hydrogens is 873 g/mol. The van der Waals surface area contributed by atoms with E-state index in [0.717, 1.165) is 45.1 Å². The van der Waals surface area contributed by atoms with Gasteiger partial charge in [0.25, 0.3) is 0 Å². The molecule has 0 bridgehead atoms. The molecule has 0 unspecified atom stereocenters. The molecule has 4 heteroatoms. The zero-order valence-corrected chi connectivity index (χ0v) is 39.3. The number of nitrogens with zero attached hydrogens (tertiary/aromatic N) is 4. The van der Waals surface area contributed by atoms with E-state index in [1.54, 1.807) is 0 Å². The summed E-state index contributed by atoms with van der Waals surface area (Å²) in [6.45, 7) is 0. The molecule has 0 spiro atoms. The third kappa shape index (κ3) is 6.57. The first-order chi connectivity index (χ1) is 35.7. The Morgan fingerprint density at radius 1 is 0.361 bits per heavy atom. The van der Waals surface area contributed by atoms with E-state index in [0.29, 0.717) is 0 Å². The molecule has 1 aliphatic carbocycles. The molecule has 3 heterocycles. The molecular formula is C68H46N4. The normalized spacial score (nSPS) is 12.6. The Morgan fingerprint density at radius 3 is 1.60 bits per heavy atom. The lowest BCUT2D eigenvalue weighted by Crippen LogP contribution is -2.28. The number of para-hydroxylation sites is 2. The summed E-state index contributed by atoms with van der Waals surface area (Å²) in [5.41, 5.74) is 20.6. The fourth-order valence-electron chi connectivity index (χ4n) is 11.7. The van der Waals surface area contributed by atoms with Crippen LogP contribution in [0.15, 0.2) is 279 Å². The van der Waals surface area contributed by atoms with Gasteiger partial charge >= 0.3 is 0 Å². The SMILES string of the molecule is c1ccc(-n2ccc3cc4c5cc(-c6ccc(N(c7ccc(-c8cccnc8)cc7)c7ccc8c(c7)C(c7ccccc7)(c7ccccc7)c7ccccc7-8)cc6)ccc5n(-c5ccccc5)c4cc32)cc1. The Morgan fingerprint density at radius 2 is 0.931 bits per heavy atom. The van der Waals surface area contributed by atoms with Crippen LogP contribution in [0.2, 0.25) is 0 Å². The largest absolute Gasteiger partial charge is 0.316 e. The molecule has 10 aromatic carbocycles. The van der Waals surface area contributed by atoms with Crippen molar-refractivity contribution in [2.75, 3.05) is 4.90 Å². The summed E-state index contributed by atoms with van der Waals surface area (Å²) in [6.07, 6.45) is 5.93. The van der Waals surface area contributed by atoms with Gasteiger partial charge in [0.1, 0.15) is 0 Å². The van der Waals surface area contributed by atoms with Crippen molar-refractivity contribution in [3.63, 3.8) is 0 Å². The number of aromatic nitrogens is 3. The van der Waals surface area contributed by atoms with Gasteiger partial charge in [0, 0.05) is 63.2 Å². The van der Waals surface area contributed by atoms with Crippen LogP contribution in [0.5, 0.6) is 0 Å². The smallest absolute Gasteiger partial charge is 0.0714 e. The lowest BCUT2D eigenvalue weighted by atomic mass is 9.67. The van der Waals surface area contributed by atoms with Gasteiger partial charge < -0.3 is 14.0 Å². The molecule has 1 aliphatic rings. The number of pyridine rings is 1. The van der Waals surface area contributed by atoms with Crippen molar-refractivity contribution in [3.05, 3.63) is 302 Å². The van der Waals surface area contributed by atoms with Crippen molar-refractivity contribution in [2.24, 2.45) is 0 Å². The van der Waals surface area contributed by atoms with Gasteiger partial charge in [-0.05, 0) is 153 Å². The van der Waals surface area contributed by atoms with Crippen LogP contribution in [0, 0.1) is 0 Å². The predicted octanol–water partition coefficient (Wildman–Crippen LogP) is 17.3. The molecule has 0 atom stereocenters. The summed E-state index contributed by atoms with van der Waals surface area (Å²) >= 11 is 0. The van der Waals surface area contributed by atoms with Gasteiger partial charge in [0.2, 0.25) is 0 Å². The quantitative estimate of drug-likeness (QED) is 0.144. The second-order valence-corrected chi connectivity index (χ2v) is 18.8. The number of anilines is 3. The molecule has 0 saturated heterocycles. The van der Waals surface area contributed by atoms with Crippen molar-refractivity contribution >= 4 is 49.8 Å². The minimum absolute atomic E-state index is 0.524. The highest BCUT2D eigenvalue weighted by molar-refractivity contribution is 6.14. The third-order valence-electron chi connectivity index (χ3n) is 14.9. The van der Waals surface area contributed by atoms with Crippen molar-refractivity contribution in [3.8, 4) is 44.8 Å². The standard InChI is InChI=1S/C68H46N4/c1-5-17-52(18-6-1)68(53-19-7-2-8-20-53)63-26-14-13-25-59(63)60-37-36-58(44-64(60)68)71(57-34-29-48(30-35-57)51-16-15-40-69-46-51)56-32-27-47(28-33-56)49-31-38-65-61(42-49)62-43-50-39-41-70(54-21-9-3-10-22-54)66(50)45-67(62)72(65)55-23-11-4-12-24-55/h1-46H. The van der Waals surface area contributed by atoms with Gasteiger partial charge in [0.15, 0.2) is 0 Å². The van der Waals surface area contributed by atoms with E-state index in [-0.39, 0.29) is 0 Å². The van der Waals surface area contributed by atoms with Crippen molar-refractivity contribution < 1.29 is 0 Å². The highest BCUT2D eigenvalue weighted by Crippen LogP contribution is 2.57. The second kappa shape index (κ2) is 16.9. The second-order valence-electron chi connectivity index (χ2n) is 18.8. The number of rotatable bonds is 9. The fourth-order valence-corrected chi connectivity index (χ4v) is 11.7. The maximum atomic E-state index is 4.42. The Kier molecular flexibility index (Phi) is 9.71. The average molecular weight is 919 g/mol. The van der Waals surface area contributed by atoms with Crippen LogP contribution in [-0.2, 0) is 5.41 Å². The van der Waals surface area contributed by atoms with E-state index >= 15 is 0 Å². The molecule has 0 N–H and O–H groups in total. The van der Waals surface area contributed by atoms with E-state index < -0.39 is 5.41 Å². The summed E-state index contributed by atoms with van der Waals surface area (Å²) in [4.78, 5) is 6.83. The van der Waals surface area contributed by atoms with Crippen LogP contribution in [-0.4, -0.2) is 14.1 Å². The van der Waals surface area contributed by atoms with Crippen molar-refractivity contribution in [1.29, 1.82) is 0 Å². The molecule has 13 aromatic rings. The van der Waals surface area contributed by atoms with Gasteiger partial charge in [-0.2, -0.15) is 0 Å². The molecule has 0 fully saturated rings. The third-order valence-corrected chi connectivity index (χ3v) is 14.9. The highest BCUT2D eigenvalue weighted by Gasteiger charge is 2.46. The molecule has 72 heavy (non-hydrogen) atoms. The van der Waals surface area contributed by atoms with Crippen LogP contribution in [0.3, 0.4) is 0 Å². The summed E-state index contributed by atoms with van der Waals surface area (Å²) < 4.78 is 4.70. The zero-order valence-electron chi connectivity index (χ0n) is 39.3. The first-order valence-corrected chi connectivity index (χ1v) is 24.7. The van der Waals surface area contributed by atoms with Gasteiger partial charge in [-0.1, -0.05) is 164 Å². The van der Waals surface area contributed by atoms with Crippen LogP contribution in [0.4, 0.5) is 17.1 Å². The minimum atomic E-state index is -0.524. The van der Waals surface area contributed by atoms with Crippen molar-refractivity contribution in [1.82, 2.24) is 14.1 Å². The summed E-state index contributed by atoms with van der Waals surface area (Å²) in [6, 6.07) is 95.5. The highest BCUT2D eigenvalue weighted by atomic mass is 15.1. The van der Waals surface area contributed by atoms with Crippen molar-refractivity contribution in [2.45, 2.75) is 5.41 Å². The first-order valence-electron chi connectivity index (χ1n) is 24.7. The van der Waals surface area contributed by atoms with Crippen LogP contribution in [0.25, 0.3) is 77.5 Å². The Hall–Kier alpha value is -9.51. The molecule has 0 amide bonds. The van der Waals surface area contributed by atoms with E-state index in [1.807, 2.05) is 18.5 Å². The number of hydrogen-bond donors (Lipinski definition) is 0. The summed E-state index contributed by atoms with van der Waals surface area (Å²) in [7, 11) is 0. The summed E-state index contributed by atoms with van der Waals surface area (Å²) in [5, 5.41) is 3.66. The van der Waals surface area contributed by atoms with Gasteiger partial charge in [-0.15, -0.1) is 0 Å². The molecule has 4 nitrogen and oxygen atoms in total. The molecule has 14 rings (SSSR count). The van der Waals surface area contributed by atoms with E-state index in [1.165, 1.54) is 71.7 Å². The Labute approximate surface area is 418 Å². The maximum absolute atomic E-state index is 4.42. The molecule has 338 valence electrons. The first kappa shape index (κ1) is 41.5. The predicted molar refractivity (Wildman–Crippen MR) is 298 cm³/mol. The van der Waals surface area contributed by atoms with E-state index in [4.69, 9.17) is 0 Å². The van der Waals surface area contributed by atoms with Gasteiger partial charge in [-0.25, -0.2) is 0 Å². The monoisotopic (exact) mass is 918 g/mol. The molecule has 0 saturated carbocycles. The molecule has 0 aliphatic heterocycles. The number of fused-ring (bicyclic) bond motifs is 7. The lowest BCUT2D eigenvalue weighted by molar-refractivity contribution is 0.768. The Balaban J connectivity index is 0.918. The lowest BCUT2D eigenvalue weighted by Gasteiger charge is -2.35.